The Bertz CT molecular complexity index is 365. The summed E-state index contributed by atoms with van der Waals surface area (Å²) in [5, 5.41) is 0. The van der Waals surface area contributed by atoms with Crippen LogP contribution in [0.1, 0.15) is 43.6 Å². The molecule has 88 valence electrons. The van der Waals surface area contributed by atoms with Gasteiger partial charge in [0.1, 0.15) is 11.6 Å². The van der Waals surface area contributed by atoms with Gasteiger partial charge in [-0.15, -0.1) is 0 Å². The molecule has 2 atom stereocenters. The third-order valence-electron chi connectivity index (χ3n) is 3.37. The van der Waals surface area contributed by atoms with Crippen LogP contribution in [0.25, 0.3) is 0 Å². The molecule has 3 heteroatoms. The largest absolute Gasteiger partial charge is 0.328 e. The minimum Gasteiger partial charge on any atom is -0.328 e. The summed E-state index contributed by atoms with van der Waals surface area (Å²) in [5.41, 5.74) is 6.57. The standard InChI is InChI=1S/C13H17F2N/c14-10-5-6-12(13(15)8-10)9-3-1-2-4-11(16)7-9/h5-6,8-9,11H,1-4,7,16H2. The fourth-order valence-corrected chi connectivity index (χ4v) is 2.51. The van der Waals surface area contributed by atoms with E-state index in [1.807, 2.05) is 0 Å². The molecule has 2 N–H and O–H groups in total. The van der Waals surface area contributed by atoms with E-state index in [4.69, 9.17) is 5.73 Å². The Morgan fingerprint density at radius 1 is 1.12 bits per heavy atom. The van der Waals surface area contributed by atoms with Crippen LogP contribution in [0, 0.1) is 11.6 Å². The zero-order valence-corrected chi connectivity index (χ0v) is 9.26. The van der Waals surface area contributed by atoms with Crippen LogP contribution in [0.2, 0.25) is 0 Å². The molecule has 1 aliphatic rings. The first-order valence-electron chi connectivity index (χ1n) is 5.87. The molecule has 0 aliphatic heterocycles. The first-order chi connectivity index (χ1) is 7.66. The van der Waals surface area contributed by atoms with Crippen molar-refractivity contribution in [3.05, 3.63) is 35.4 Å². The predicted octanol–water partition coefficient (Wildman–Crippen LogP) is 3.34. The van der Waals surface area contributed by atoms with Crippen molar-refractivity contribution in [2.45, 2.75) is 44.1 Å². The van der Waals surface area contributed by atoms with E-state index in [1.54, 1.807) is 6.07 Å². The lowest BCUT2D eigenvalue weighted by molar-refractivity contribution is 0.501. The van der Waals surface area contributed by atoms with E-state index in [9.17, 15) is 8.78 Å². The summed E-state index contributed by atoms with van der Waals surface area (Å²) in [4.78, 5) is 0. The molecule has 1 fully saturated rings. The SMILES string of the molecule is NC1CCCCC(c2ccc(F)cc2F)C1. The highest BCUT2D eigenvalue weighted by Crippen LogP contribution is 2.32. The Hall–Kier alpha value is -0.960. The minimum atomic E-state index is -0.515. The number of nitrogens with two attached hydrogens (primary N) is 1. The minimum absolute atomic E-state index is 0.150. The third-order valence-corrected chi connectivity index (χ3v) is 3.37. The number of hydrogen-bond donors (Lipinski definition) is 1. The van der Waals surface area contributed by atoms with E-state index in [0.717, 1.165) is 38.2 Å². The Morgan fingerprint density at radius 2 is 1.88 bits per heavy atom. The molecule has 2 rings (SSSR count). The summed E-state index contributed by atoms with van der Waals surface area (Å²) in [6.07, 6.45) is 4.97. The maximum Gasteiger partial charge on any atom is 0.129 e. The van der Waals surface area contributed by atoms with Gasteiger partial charge in [-0.3, -0.25) is 0 Å². The number of benzene rings is 1. The first kappa shape index (κ1) is 11.5. The Kier molecular flexibility index (Phi) is 3.54. The van der Waals surface area contributed by atoms with Gasteiger partial charge in [0.05, 0.1) is 0 Å². The van der Waals surface area contributed by atoms with Gasteiger partial charge in [-0.25, -0.2) is 8.78 Å². The van der Waals surface area contributed by atoms with Crippen molar-refractivity contribution in [3.63, 3.8) is 0 Å². The summed E-state index contributed by atoms with van der Waals surface area (Å²) in [6.45, 7) is 0. The maximum absolute atomic E-state index is 13.6. The lowest BCUT2D eigenvalue weighted by atomic mass is 9.90. The van der Waals surface area contributed by atoms with Gasteiger partial charge in [-0.2, -0.15) is 0 Å². The summed E-state index contributed by atoms with van der Waals surface area (Å²) in [6, 6.07) is 4.01. The molecule has 2 unspecified atom stereocenters. The van der Waals surface area contributed by atoms with Crippen LogP contribution in [0.15, 0.2) is 18.2 Å². The smallest absolute Gasteiger partial charge is 0.129 e. The zero-order valence-electron chi connectivity index (χ0n) is 9.26. The predicted molar refractivity (Wildman–Crippen MR) is 60.2 cm³/mol. The van der Waals surface area contributed by atoms with Crippen molar-refractivity contribution >= 4 is 0 Å². The van der Waals surface area contributed by atoms with E-state index in [1.165, 1.54) is 6.07 Å². The molecule has 0 saturated heterocycles. The Morgan fingerprint density at radius 3 is 2.62 bits per heavy atom. The molecule has 1 saturated carbocycles. The van der Waals surface area contributed by atoms with Crippen molar-refractivity contribution in [2.24, 2.45) is 5.73 Å². The molecule has 1 aromatic carbocycles. The van der Waals surface area contributed by atoms with Gasteiger partial charge in [0.25, 0.3) is 0 Å². The monoisotopic (exact) mass is 225 g/mol. The summed E-state index contributed by atoms with van der Waals surface area (Å²) < 4.78 is 26.4. The molecule has 16 heavy (non-hydrogen) atoms. The second kappa shape index (κ2) is 4.91. The van der Waals surface area contributed by atoms with Gasteiger partial charge in [0, 0.05) is 12.1 Å². The second-order valence-corrected chi connectivity index (χ2v) is 4.64. The maximum atomic E-state index is 13.6. The van der Waals surface area contributed by atoms with Crippen molar-refractivity contribution in [1.82, 2.24) is 0 Å². The van der Waals surface area contributed by atoms with Crippen LogP contribution < -0.4 is 5.73 Å². The molecule has 0 amide bonds. The first-order valence-corrected chi connectivity index (χ1v) is 5.87. The molecule has 0 aromatic heterocycles. The van der Waals surface area contributed by atoms with Crippen LogP contribution in [0.5, 0.6) is 0 Å². The van der Waals surface area contributed by atoms with Gasteiger partial charge in [-0.05, 0) is 36.8 Å². The Balaban J connectivity index is 2.21. The van der Waals surface area contributed by atoms with Gasteiger partial charge in [0.15, 0.2) is 0 Å². The molecule has 1 aromatic rings. The molecule has 0 bridgehead atoms. The molecule has 0 radical (unpaired) electrons. The van der Waals surface area contributed by atoms with Gasteiger partial charge < -0.3 is 5.73 Å². The van der Waals surface area contributed by atoms with Gasteiger partial charge in [-0.1, -0.05) is 18.9 Å². The molecule has 0 spiro atoms. The molecule has 1 aliphatic carbocycles. The summed E-state index contributed by atoms with van der Waals surface area (Å²) in [5.74, 6) is -0.795. The van der Waals surface area contributed by atoms with E-state index in [-0.39, 0.29) is 12.0 Å². The fraction of sp³-hybridized carbons (Fsp3) is 0.538. The molecule has 1 nitrogen and oxygen atoms in total. The van der Waals surface area contributed by atoms with Crippen LogP contribution in [-0.2, 0) is 0 Å². The molecular formula is C13H17F2N. The van der Waals surface area contributed by atoms with Crippen LogP contribution in [0.3, 0.4) is 0 Å². The Labute approximate surface area is 94.7 Å². The average Bonchev–Trinajstić information content (AvgIpc) is 2.43. The fourth-order valence-electron chi connectivity index (χ4n) is 2.51. The molecular weight excluding hydrogens is 208 g/mol. The van der Waals surface area contributed by atoms with Crippen LogP contribution in [-0.4, -0.2) is 6.04 Å². The van der Waals surface area contributed by atoms with Crippen molar-refractivity contribution in [1.29, 1.82) is 0 Å². The van der Waals surface area contributed by atoms with Gasteiger partial charge >= 0.3 is 0 Å². The van der Waals surface area contributed by atoms with Crippen LogP contribution in [0.4, 0.5) is 8.78 Å². The van der Waals surface area contributed by atoms with E-state index in [0.29, 0.717) is 5.56 Å². The van der Waals surface area contributed by atoms with E-state index in [2.05, 4.69) is 0 Å². The summed E-state index contributed by atoms with van der Waals surface area (Å²) in [7, 11) is 0. The number of halogens is 2. The second-order valence-electron chi connectivity index (χ2n) is 4.64. The zero-order chi connectivity index (χ0) is 11.5. The van der Waals surface area contributed by atoms with Crippen molar-refractivity contribution in [2.75, 3.05) is 0 Å². The van der Waals surface area contributed by atoms with E-state index >= 15 is 0 Å². The molecule has 0 heterocycles. The highest BCUT2D eigenvalue weighted by atomic mass is 19.1. The highest BCUT2D eigenvalue weighted by molar-refractivity contribution is 5.23. The average molecular weight is 225 g/mol. The topological polar surface area (TPSA) is 26.0 Å². The number of rotatable bonds is 1. The van der Waals surface area contributed by atoms with Crippen molar-refractivity contribution < 1.29 is 8.78 Å². The summed E-state index contributed by atoms with van der Waals surface area (Å²) >= 11 is 0. The van der Waals surface area contributed by atoms with Crippen LogP contribution >= 0.6 is 0 Å². The lowest BCUT2D eigenvalue weighted by Crippen LogP contribution is -2.21. The van der Waals surface area contributed by atoms with E-state index < -0.39 is 11.6 Å². The number of hydrogen-bond acceptors (Lipinski definition) is 1. The highest BCUT2D eigenvalue weighted by Gasteiger charge is 2.21. The normalized spacial score (nSPS) is 26.4. The van der Waals surface area contributed by atoms with Gasteiger partial charge in [0.2, 0.25) is 0 Å². The van der Waals surface area contributed by atoms with Crippen molar-refractivity contribution in [3.8, 4) is 0 Å². The lowest BCUT2D eigenvalue weighted by Gasteiger charge is -2.18. The quantitative estimate of drug-likeness (QED) is 0.729. The third kappa shape index (κ3) is 2.59.